The summed E-state index contributed by atoms with van der Waals surface area (Å²) in [7, 11) is 0. The van der Waals surface area contributed by atoms with E-state index in [9.17, 15) is 0 Å². The van der Waals surface area contributed by atoms with Crippen LogP contribution in [0.3, 0.4) is 0 Å². The molecule has 1 N–H and O–H groups in total. The number of aliphatic hydroxyl groups is 1. The minimum absolute atomic E-state index is 0.286. The maximum absolute atomic E-state index is 8.66. The third kappa shape index (κ3) is 11.6. The van der Waals surface area contributed by atoms with E-state index in [4.69, 9.17) is 5.11 Å². The molecule has 0 aliphatic carbocycles. The van der Waals surface area contributed by atoms with E-state index in [2.05, 4.69) is 19.9 Å². The third-order valence-electron chi connectivity index (χ3n) is 2.80. The summed E-state index contributed by atoms with van der Waals surface area (Å²) in [6.07, 6.45) is 13.8. The largest absolute Gasteiger partial charge is 0.396 e. The van der Waals surface area contributed by atoms with Crippen molar-refractivity contribution in [2.45, 2.75) is 71.6 Å². The fourth-order valence-corrected chi connectivity index (χ4v) is 1.77. The quantitative estimate of drug-likeness (QED) is 0.419. The lowest BCUT2D eigenvalue weighted by Gasteiger charge is -2.02. The Balaban J connectivity index is 3.16. The van der Waals surface area contributed by atoms with Crippen LogP contribution >= 0.6 is 0 Å². The van der Waals surface area contributed by atoms with E-state index in [0.29, 0.717) is 0 Å². The van der Waals surface area contributed by atoms with Gasteiger partial charge in [-0.05, 0) is 26.2 Å². The van der Waals surface area contributed by atoms with Gasteiger partial charge in [0, 0.05) is 6.61 Å². The lowest BCUT2D eigenvalue weighted by atomic mass is 10.0. The average molecular weight is 212 g/mol. The lowest BCUT2D eigenvalue weighted by Crippen LogP contribution is -1.84. The molecule has 0 amide bonds. The summed E-state index contributed by atoms with van der Waals surface area (Å²) in [6.45, 7) is 4.72. The molecule has 0 radical (unpaired) electrons. The molecule has 1 nitrogen and oxygen atoms in total. The van der Waals surface area contributed by atoms with Crippen LogP contribution in [-0.4, -0.2) is 11.7 Å². The molecule has 0 atom stereocenters. The number of aliphatic hydroxyl groups excluding tert-OH is 1. The zero-order valence-corrected chi connectivity index (χ0v) is 10.6. The van der Waals surface area contributed by atoms with E-state index in [1.807, 2.05) is 0 Å². The van der Waals surface area contributed by atoms with Crippen molar-refractivity contribution in [3.8, 4) is 0 Å². The first-order valence-electron chi connectivity index (χ1n) is 6.57. The molecule has 0 fully saturated rings. The van der Waals surface area contributed by atoms with E-state index in [0.717, 1.165) is 6.42 Å². The Morgan fingerprint density at radius 2 is 1.60 bits per heavy atom. The van der Waals surface area contributed by atoms with Crippen LogP contribution in [0.25, 0.3) is 0 Å². The van der Waals surface area contributed by atoms with Gasteiger partial charge in [-0.25, -0.2) is 0 Å². The first-order valence-corrected chi connectivity index (χ1v) is 6.57. The van der Waals surface area contributed by atoms with Crippen molar-refractivity contribution >= 4 is 0 Å². The molecule has 0 aromatic heterocycles. The first kappa shape index (κ1) is 14.7. The van der Waals surface area contributed by atoms with Gasteiger partial charge in [-0.3, -0.25) is 0 Å². The van der Waals surface area contributed by atoms with Crippen molar-refractivity contribution in [2.75, 3.05) is 6.61 Å². The molecule has 0 unspecified atom stereocenters. The summed E-state index contributed by atoms with van der Waals surface area (Å²) in [4.78, 5) is 0. The predicted octanol–water partition coefficient (Wildman–Crippen LogP) is 4.46. The minimum atomic E-state index is 0.286. The van der Waals surface area contributed by atoms with Gasteiger partial charge in [0.15, 0.2) is 0 Å². The summed E-state index contributed by atoms with van der Waals surface area (Å²) < 4.78 is 0. The van der Waals surface area contributed by atoms with Crippen molar-refractivity contribution in [3.05, 3.63) is 11.6 Å². The van der Waals surface area contributed by atoms with Crippen LogP contribution in [0.2, 0.25) is 0 Å². The molecular formula is C14H28O. The molecule has 0 rings (SSSR count). The van der Waals surface area contributed by atoms with Gasteiger partial charge in [0.2, 0.25) is 0 Å². The Bertz CT molecular complexity index is 149. The zero-order valence-electron chi connectivity index (χ0n) is 10.6. The van der Waals surface area contributed by atoms with Crippen LogP contribution in [0, 0.1) is 0 Å². The monoisotopic (exact) mass is 212 g/mol. The van der Waals surface area contributed by atoms with Crippen LogP contribution in [0.15, 0.2) is 11.6 Å². The van der Waals surface area contributed by atoms with Gasteiger partial charge in [0.05, 0.1) is 0 Å². The highest BCUT2D eigenvalue weighted by Crippen LogP contribution is 2.12. The molecule has 0 aromatic rings. The molecule has 15 heavy (non-hydrogen) atoms. The zero-order chi connectivity index (χ0) is 11.4. The van der Waals surface area contributed by atoms with Crippen molar-refractivity contribution in [3.63, 3.8) is 0 Å². The Kier molecular flexibility index (Phi) is 11.5. The van der Waals surface area contributed by atoms with Gasteiger partial charge in [-0.1, -0.05) is 57.1 Å². The SMILES string of the molecule is CCCCCCCCC/C(C)=C/CCO. The number of hydrogen-bond acceptors (Lipinski definition) is 1. The predicted molar refractivity (Wildman–Crippen MR) is 68.1 cm³/mol. The fourth-order valence-electron chi connectivity index (χ4n) is 1.77. The highest BCUT2D eigenvalue weighted by atomic mass is 16.2. The van der Waals surface area contributed by atoms with Crippen LogP contribution < -0.4 is 0 Å². The van der Waals surface area contributed by atoms with Crippen molar-refractivity contribution in [1.82, 2.24) is 0 Å². The van der Waals surface area contributed by atoms with Crippen molar-refractivity contribution < 1.29 is 5.11 Å². The molecule has 0 bridgehead atoms. The second-order valence-electron chi connectivity index (χ2n) is 4.43. The van der Waals surface area contributed by atoms with Gasteiger partial charge in [0.25, 0.3) is 0 Å². The first-order chi connectivity index (χ1) is 7.31. The van der Waals surface area contributed by atoms with E-state index in [1.165, 1.54) is 56.9 Å². The summed E-state index contributed by atoms with van der Waals surface area (Å²) >= 11 is 0. The summed E-state index contributed by atoms with van der Waals surface area (Å²) in [6, 6.07) is 0. The minimum Gasteiger partial charge on any atom is -0.396 e. The van der Waals surface area contributed by atoms with Gasteiger partial charge in [-0.15, -0.1) is 0 Å². The Morgan fingerprint density at radius 1 is 1.00 bits per heavy atom. The second-order valence-corrected chi connectivity index (χ2v) is 4.43. The summed E-state index contributed by atoms with van der Waals surface area (Å²) in [5.74, 6) is 0. The number of unbranched alkanes of at least 4 members (excludes halogenated alkanes) is 6. The molecule has 0 aliphatic rings. The maximum Gasteiger partial charge on any atom is 0.0465 e. The second kappa shape index (κ2) is 11.8. The topological polar surface area (TPSA) is 20.2 Å². The molecule has 0 heterocycles. The smallest absolute Gasteiger partial charge is 0.0465 e. The van der Waals surface area contributed by atoms with E-state index in [1.54, 1.807) is 0 Å². The summed E-state index contributed by atoms with van der Waals surface area (Å²) in [5.41, 5.74) is 1.44. The fraction of sp³-hybridized carbons (Fsp3) is 0.857. The highest BCUT2D eigenvalue weighted by Gasteiger charge is 1.92. The van der Waals surface area contributed by atoms with E-state index < -0.39 is 0 Å². The molecule has 0 saturated heterocycles. The van der Waals surface area contributed by atoms with Crippen LogP contribution in [0.4, 0.5) is 0 Å². The van der Waals surface area contributed by atoms with Gasteiger partial charge >= 0.3 is 0 Å². The Labute approximate surface area is 95.6 Å². The standard InChI is InChI=1S/C14H28O/c1-3-4-5-6-7-8-9-11-14(2)12-10-13-15/h12,15H,3-11,13H2,1-2H3/b14-12+. The highest BCUT2D eigenvalue weighted by molar-refractivity contribution is 4.97. The van der Waals surface area contributed by atoms with Crippen molar-refractivity contribution in [1.29, 1.82) is 0 Å². The maximum atomic E-state index is 8.66. The summed E-state index contributed by atoms with van der Waals surface area (Å²) in [5, 5.41) is 8.66. The molecule has 90 valence electrons. The normalized spacial score (nSPS) is 12.1. The molecule has 0 aliphatic heterocycles. The van der Waals surface area contributed by atoms with Crippen LogP contribution in [0.1, 0.15) is 71.6 Å². The lowest BCUT2D eigenvalue weighted by molar-refractivity contribution is 0.302. The Hall–Kier alpha value is -0.300. The Morgan fingerprint density at radius 3 is 2.20 bits per heavy atom. The van der Waals surface area contributed by atoms with Gasteiger partial charge < -0.3 is 5.11 Å². The molecular weight excluding hydrogens is 184 g/mol. The molecule has 0 saturated carbocycles. The number of hydrogen-bond donors (Lipinski definition) is 1. The van der Waals surface area contributed by atoms with E-state index in [-0.39, 0.29) is 6.61 Å². The van der Waals surface area contributed by atoms with Crippen LogP contribution in [0.5, 0.6) is 0 Å². The molecule has 0 spiro atoms. The third-order valence-corrected chi connectivity index (χ3v) is 2.80. The molecule has 0 aromatic carbocycles. The van der Waals surface area contributed by atoms with Gasteiger partial charge in [0.1, 0.15) is 0 Å². The van der Waals surface area contributed by atoms with Crippen LogP contribution in [-0.2, 0) is 0 Å². The van der Waals surface area contributed by atoms with Crippen molar-refractivity contribution in [2.24, 2.45) is 0 Å². The number of rotatable bonds is 10. The van der Waals surface area contributed by atoms with E-state index >= 15 is 0 Å². The molecule has 1 heteroatoms. The number of allylic oxidation sites excluding steroid dienone is 1. The average Bonchev–Trinajstić information content (AvgIpc) is 2.25. The van der Waals surface area contributed by atoms with Gasteiger partial charge in [-0.2, -0.15) is 0 Å².